The van der Waals surface area contributed by atoms with Gasteiger partial charge in [-0.05, 0) is 0 Å². The molecule has 0 saturated heterocycles. The molecule has 0 aliphatic heterocycles. The van der Waals surface area contributed by atoms with E-state index in [1.165, 1.54) is 32.1 Å². The van der Waals surface area contributed by atoms with Gasteiger partial charge in [0.2, 0.25) is 0 Å². The van der Waals surface area contributed by atoms with Gasteiger partial charge < -0.3 is 2.85 Å². The first-order valence-electron chi connectivity index (χ1n) is 3.41. The molecular formula is C7H19ClMg. The first-order chi connectivity index (χ1) is 3.41. The summed E-state index contributed by atoms with van der Waals surface area (Å²) < 4.78 is 0. The standard InChI is InChI=1S/C7H16.ClH.Mg.2H/c1-3-5-7-6-4-2;;;;/h3-7H2,1-2H3;1H;;;/q;;+2;2*-1. The number of hydrogen-bond acceptors (Lipinski definition) is 0. The van der Waals surface area contributed by atoms with Gasteiger partial charge in [0.25, 0.3) is 0 Å². The van der Waals surface area contributed by atoms with Crippen LogP contribution in [-0.4, -0.2) is 23.1 Å². The van der Waals surface area contributed by atoms with E-state index in [2.05, 4.69) is 13.8 Å². The van der Waals surface area contributed by atoms with Crippen molar-refractivity contribution in [2.45, 2.75) is 46.0 Å². The summed E-state index contributed by atoms with van der Waals surface area (Å²) in [6.07, 6.45) is 7.01. The second-order valence-corrected chi connectivity index (χ2v) is 2.06. The molecule has 0 radical (unpaired) electrons. The maximum atomic E-state index is 2.25. The molecule has 0 aromatic rings. The Morgan fingerprint density at radius 1 is 0.889 bits per heavy atom. The molecule has 0 aliphatic rings. The first kappa shape index (κ1) is 16.6. The van der Waals surface area contributed by atoms with E-state index in [1.807, 2.05) is 0 Å². The predicted octanol–water partition coefficient (Wildman–Crippen LogP) is 3.24. The molecule has 0 amide bonds. The topological polar surface area (TPSA) is 0 Å². The van der Waals surface area contributed by atoms with E-state index in [-0.39, 0.29) is 38.3 Å². The molecule has 0 saturated carbocycles. The molecule has 2 heteroatoms. The van der Waals surface area contributed by atoms with Gasteiger partial charge in [-0.1, -0.05) is 46.0 Å². The predicted molar refractivity (Wildman–Crippen MR) is 49.7 cm³/mol. The van der Waals surface area contributed by atoms with Crippen LogP contribution in [-0.2, 0) is 0 Å². The Hall–Kier alpha value is 1.06. The van der Waals surface area contributed by atoms with Crippen LogP contribution >= 0.6 is 12.4 Å². The van der Waals surface area contributed by atoms with E-state index in [1.54, 1.807) is 0 Å². The zero-order valence-corrected chi connectivity index (χ0v) is 8.88. The van der Waals surface area contributed by atoms with Crippen molar-refractivity contribution in [3.05, 3.63) is 0 Å². The first-order valence-corrected chi connectivity index (χ1v) is 3.41. The summed E-state index contributed by atoms with van der Waals surface area (Å²) in [7, 11) is 0. The molecule has 0 aromatic heterocycles. The molecular weight excluding hydrogens is 144 g/mol. The van der Waals surface area contributed by atoms with Gasteiger partial charge in [0, 0.05) is 0 Å². The smallest absolute Gasteiger partial charge is 1.00 e. The molecule has 0 N–H and O–H groups in total. The monoisotopic (exact) mass is 162 g/mol. The molecule has 0 bridgehead atoms. The number of hydrogen-bond donors (Lipinski definition) is 0. The maximum absolute atomic E-state index is 2.25. The quantitative estimate of drug-likeness (QED) is 0.440. The molecule has 56 valence electrons. The Morgan fingerprint density at radius 2 is 1.22 bits per heavy atom. The minimum absolute atomic E-state index is 0. The molecule has 0 nitrogen and oxygen atoms in total. The fourth-order valence-electron chi connectivity index (χ4n) is 0.677. The van der Waals surface area contributed by atoms with Gasteiger partial charge >= 0.3 is 23.1 Å². The summed E-state index contributed by atoms with van der Waals surface area (Å²) in [4.78, 5) is 0. The summed E-state index contributed by atoms with van der Waals surface area (Å²) in [6.45, 7) is 4.49. The largest absolute Gasteiger partial charge is 2.00 e. The third-order valence-electron chi connectivity index (χ3n) is 1.21. The van der Waals surface area contributed by atoms with E-state index < -0.39 is 0 Å². The summed E-state index contributed by atoms with van der Waals surface area (Å²) in [5.74, 6) is 0. The molecule has 0 aromatic carbocycles. The van der Waals surface area contributed by atoms with Crippen molar-refractivity contribution in [1.29, 1.82) is 0 Å². The fourth-order valence-corrected chi connectivity index (χ4v) is 0.677. The van der Waals surface area contributed by atoms with E-state index in [0.29, 0.717) is 0 Å². The summed E-state index contributed by atoms with van der Waals surface area (Å²) >= 11 is 0. The molecule has 0 rings (SSSR count). The number of halogens is 1. The third-order valence-corrected chi connectivity index (χ3v) is 1.21. The van der Waals surface area contributed by atoms with Gasteiger partial charge in [0.1, 0.15) is 0 Å². The molecule has 0 aliphatic carbocycles. The second-order valence-electron chi connectivity index (χ2n) is 2.06. The average Bonchev–Trinajstić information content (AvgIpc) is 1.69. The van der Waals surface area contributed by atoms with Crippen LogP contribution in [0.1, 0.15) is 48.8 Å². The van der Waals surface area contributed by atoms with Crippen molar-refractivity contribution < 1.29 is 2.85 Å². The molecule has 9 heavy (non-hydrogen) atoms. The number of unbranched alkanes of at least 4 members (excludes halogenated alkanes) is 4. The van der Waals surface area contributed by atoms with E-state index >= 15 is 0 Å². The molecule has 0 atom stereocenters. The Bertz CT molecular complexity index is 35.6. The third kappa shape index (κ3) is 17.6. The van der Waals surface area contributed by atoms with E-state index in [0.717, 1.165) is 0 Å². The Kier molecular flexibility index (Phi) is 29.5. The normalized spacial score (nSPS) is 7.33. The fraction of sp³-hybridized carbons (Fsp3) is 1.00. The van der Waals surface area contributed by atoms with Crippen molar-refractivity contribution >= 4 is 35.5 Å². The summed E-state index contributed by atoms with van der Waals surface area (Å²) in [5.41, 5.74) is 0. The minimum Gasteiger partial charge on any atom is -1.00 e. The molecule has 0 fully saturated rings. The Labute approximate surface area is 84.3 Å². The molecule has 0 spiro atoms. The van der Waals surface area contributed by atoms with Gasteiger partial charge in [-0.2, -0.15) is 0 Å². The van der Waals surface area contributed by atoms with Crippen LogP contribution in [0, 0.1) is 0 Å². The van der Waals surface area contributed by atoms with Crippen molar-refractivity contribution in [3.63, 3.8) is 0 Å². The van der Waals surface area contributed by atoms with Gasteiger partial charge in [-0.15, -0.1) is 12.4 Å². The van der Waals surface area contributed by atoms with Crippen molar-refractivity contribution in [2.75, 3.05) is 0 Å². The van der Waals surface area contributed by atoms with Crippen molar-refractivity contribution in [2.24, 2.45) is 0 Å². The van der Waals surface area contributed by atoms with Crippen LogP contribution in [0.5, 0.6) is 0 Å². The van der Waals surface area contributed by atoms with E-state index in [4.69, 9.17) is 0 Å². The van der Waals surface area contributed by atoms with Crippen LogP contribution in [0.2, 0.25) is 0 Å². The van der Waals surface area contributed by atoms with Crippen LogP contribution in [0.4, 0.5) is 0 Å². The van der Waals surface area contributed by atoms with Crippen LogP contribution in [0.25, 0.3) is 0 Å². The SMILES string of the molecule is CCCCCCC.Cl.[H-].[H-].[Mg+2]. The van der Waals surface area contributed by atoms with Gasteiger partial charge in [0.05, 0.1) is 0 Å². The second kappa shape index (κ2) is 16.0. The van der Waals surface area contributed by atoms with Crippen molar-refractivity contribution in [1.82, 2.24) is 0 Å². The molecule has 0 heterocycles. The van der Waals surface area contributed by atoms with Crippen LogP contribution in [0.15, 0.2) is 0 Å². The minimum atomic E-state index is 0. The van der Waals surface area contributed by atoms with Gasteiger partial charge in [0.15, 0.2) is 0 Å². The maximum Gasteiger partial charge on any atom is 2.00 e. The molecule has 0 unspecified atom stereocenters. The van der Waals surface area contributed by atoms with Crippen LogP contribution in [0.3, 0.4) is 0 Å². The zero-order valence-electron chi connectivity index (χ0n) is 8.65. The number of rotatable bonds is 4. The Morgan fingerprint density at radius 3 is 1.44 bits per heavy atom. The van der Waals surface area contributed by atoms with Crippen LogP contribution < -0.4 is 0 Å². The zero-order chi connectivity index (χ0) is 5.54. The Balaban J connectivity index is -0.0000000300. The van der Waals surface area contributed by atoms with Gasteiger partial charge in [-0.25, -0.2) is 0 Å². The van der Waals surface area contributed by atoms with Crippen molar-refractivity contribution in [3.8, 4) is 0 Å². The summed E-state index contributed by atoms with van der Waals surface area (Å²) in [5, 5.41) is 0. The van der Waals surface area contributed by atoms with Gasteiger partial charge in [-0.3, -0.25) is 0 Å². The van der Waals surface area contributed by atoms with E-state index in [9.17, 15) is 0 Å². The summed E-state index contributed by atoms with van der Waals surface area (Å²) in [6, 6.07) is 0. The average molecular weight is 163 g/mol.